The number of esters is 1. The first kappa shape index (κ1) is 32.2. The first-order valence-electron chi connectivity index (χ1n) is 14.0. The summed E-state index contributed by atoms with van der Waals surface area (Å²) in [7, 11) is 0. The molecular weight excluding hydrogens is 580 g/mol. The molecule has 0 aromatic heterocycles. The van der Waals surface area contributed by atoms with Gasteiger partial charge in [0.25, 0.3) is 0 Å². The Morgan fingerprint density at radius 1 is 1.26 bits per heavy atom. The number of rotatable bonds is 12. The van der Waals surface area contributed by atoms with Crippen LogP contribution in [0.25, 0.3) is 0 Å². The number of nitrogens with zero attached hydrogens (tertiary/aromatic N) is 2. The van der Waals surface area contributed by atoms with Crippen molar-refractivity contribution in [2.24, 2.45) is 23.2 Å². The molecule has 0 aromatic carbocycles. The quantitative estimate of drug-likeness (QED) is 0.190. The van der Waals surface area contributed by atoms with Crippen molar-refractivity contribution in [1.82, 2.24) is 9.80 Å². The van der Waals surface area contributed by atoms with Crippen molar-refractivity contribution in [1.29, 1.82) is 0 Å². The average molecular weight is 628 g/mol. The molecule has 7 atom stereocenters. The predicted molar refractivity (Wildman–Crippen MR) is 161 cm³/mol. The van der Waals surface area contributed by atoms with Gasteiger partial charge in [-0.15, -0.1) is 18.3 Å². The number of halogens is 1. The summed E-state index contributed by atoms with van der Waals surface area (Å²) >= 11 is 5.38. The zero-order valence-electron chi connectivity index (χ0n) is 24.6. The van der Waals surface area contributed by atoms with Crippen LogP contribution in [-0.4, -0.2) is 84.9 Å². The summed E-state index contributed by atoms with van der Waals surface area (Å²) in [5, 5.41) is 10.3. The fourth-order valence-corrected chi connectivity index (χ4v) is 11.0. The van der Waals surface area contributed by atoms with E-state index < -0.39 is 40.2 Å². The van der Waals surface area contributed by atoms with Crippen LogP contribution in [0.2, 0.25) is 0 Å². The van der Waals surface area contributed by atoms with Crippen LogP contribution in [0.1, 0.15) is 67.7 Å². The topological polar surface area (TPSA) is 87.1 Å². The van der Waals surface area contributed by atoms with Crippen molar-refractivity contribution < 1.29 is 24.2 Å². The van der Waals surface area contributed by atoms with Gasteiger partial charge in [0.15, 0.2) is 0 Å². The second-order valence-electron chi connectivity index (χ2n) is 13.6. The van der Waals surface area contributed by atoms with Crippen LogP contribution in [-0.2, 0) is 19.1 Å². The van der Waals surface area contributed by atoms with Gasteiger partial charge >= 0.3 is 5.97 Å². The molecule has 3 aliphatic heterocycles. The first-order valence-corrected chi connectivity index (χ1v) is 15.8. The lowest BCUT2D eigenvalue weighted by Crippen LogP contribution is -2.62. The molecule has 3 saturated heterocycles. The van der Waals surface area contributed by atoms with E-state index in [2.05, 4.69) is 63.7 Å². The number of aliphatic hydroxyl groups is 1. The molecule has 0 aromatic rings. The highest BCUT2D eigenvalue weighted by Gasteiger charge is 2.77. The first-order chi connectivity index (χ1) is 18.1. The van der Waals surface area contributed by atoms with Crippen LogP contribution in [0, 0.1) is 23.2 Å². The summed E-state index contributed by atoms with van der Waals surface area (Å²) in [6.45, 7) is 22.4. The van der Waals surface area contributed by atoms with E-state index in [0.717, 1.165) is 6.42 Å². The SMILES string of the molecule is C=CCOC(=O)[C@H]1[C@H]2C(=O)N([C@@H](CO)CC(C)C)C(C(=O)N(CC=C)C(C)(C)CC(C)(C)C)C23CC(Br)[C@@H]1S3. The molecule has 2 bridgehead atoms. The lowest BCUT2D eigenvalue weighted by molar-refractivity contribution is -0.153. The molecule has 3 aliphatic rings. The number of fused-ring (bicyclic) bond motifs is 1. The van der Waals surface area contributed by atoms with Crippen molar-refractivity contribution in [2.45, 2.75) is 100 Å². The summed E-state index contributed by atoms with van der Waals surface area (Å²) in [6, 6.07) is -1.33. The minimum Gasteiger partial charge on any atom is -0.461 e. The van der Waals surface area contributed by atoms with Crippen molar-refractivity contribution in [3.63, 3.8) is 0 Å². The Kier molecular flexibility index (Phi) is 9.81. The van der Waals surface area contributed by atoms with Gasteiger partial charge in [0, 0.05) is 22.2 Å². The van der Waals surface area contributed by atoms with E-state index in [-0.39, 0.29) is 46.4 Å². The summed E-state index contributed by atoms with van der Waals surface area (Å²) < 4.78 is 4.69. The van der Waals surface area contributed by atoms with Crippen LogP contribution >= 0.6 is 27.7 Å². The number of ether oxygens (including phenoxy) is 1. The largest absolute Gasteiger partial charge is 0.461 e. The molecule has 0 saturated carbocycles. The standard InChI is InChI=1S/C30H47BrN2O5S/c1-10-12-32(29(8,9)17-28(5,6)7)26(36)24-30-15-20(31)23(39-30)21(27(37)38-13-11-2)22(30)25(35)33(24)19(16-34)14-18(3)4/h10-11,18-24,34H,1-2,12-17H2,3-9H3/t19-,20?,21+,22+,23+,24?,30?/m1/s1. The van der Waals surface area contributed by atoms with E-state index in [4.69, 9.17) is 4.74 Å². The molecule has 3 heterocycles. The summed E-state index contributed by atoms with van der Waals surface area (Å²) in [6.07, 6.45) is 5.14. The maximum Gasteiger partial charge on any atom is 0.311 e. The van der Waals surface area contributed by atoms with E-state index in [1.165, 1.54) is 6.08 Å². The van der Waals surface area contributed by atoms with Crippen molar-refractivity contribution in [3.8, 4) is 0 Å². The second-order valence-corrected chi connectivity index (χ2v) is 16.3. The molecule has 1 spiro atoms. The van der Waals surface area contributed by atoms with Gasteiger partial charge in [0.2, 0.25) is 11.8 Å². The van der Waals surface area contributed by atoms with E-state index in [0.29, 0.717) is 19.4 Å². The average Bonchev–Trinajstić information content (AvgIpc) is 3.40. The maximum absolute atomic E-state index is 14.9. The van der Waals surface area contributed by atoms with Crippen molar-refractivity contribution in [3.05, 3.63) is 25.3 Å². The lowest BCUT2D eigenvalue weighted by Gasteiger charge is -2.47. The minimum absolute atomic E-state index is 0.0397. The van der Waals surface area contributed by atoms with Gasteiger partial charge in [-0.25, -0.2) is 0 Å². The third kappa shape index (κ3) is 6.01. The Hall–Kier alpha value is -1.32. The Bertz CT molecular complexity index is 979. The molecule has 9 heteroatoms. The molecule has 3 unspecified atom stereocenters. The molecule has 0 radical (unpaired) electrons. The molecule has 3 rings (SSSR count). The molecule has 1 N–H and O–H groups in total. The number of carbonyl (C=O) groups is 3. The molecule has 0 aliphatic carbocycles. The van der Waals surface area contributed by atoms with Gasteiger partial charge in [-0.3, -0.25) is 14.4 Å². The number of thioether (sulfide) groups is 1. The number of likely N-dealkylation sites (tertiary alicyclic amines) is 1. The highest BCUT2D eigenvalue weighted by atomic mass is 79.9. The highest BCUT2D eigenvalue weighted by Crippen LogP contribution is 2.68. The van der Waals surface area contributed by atoms with E-state index in [1.807, 2.05) is 18.7 Å². The Morgan fingerprint density at radius 3 is 2.41 bits per heavy atom. The summed E-state index contributed by atoms with van der Waals surface area (Å²) in [5.41, 5.74) is -0.556. The fourth-order valence-electron chi connectivity index (χ4n) is 7.37. The molecule has 220 valence electrons. The van der Waals surface area contributed by atoms with Gasteiger partial charge in [-0.05, 0) is 44.4 Å². The maximum atomic E-state index is 14.9. The van der Waals surface area contributed by atoms with Crippen LogP contribution in [0.15, 0.2) is 25.3 Å². The van der Waals surface area contributed by atoms with Crippen molar-refractivity contribution in [2.75, 3.05) is 19.8 Å². The van der Waals surface area contributed by atoms with Crippen molar-refractivity contribution >= 4 is 45.5 Å². The number of amides is 2. The Labute approximate surface area is 247 Å². The smallest absolute Gasteiger partial charge is 0.311 e. The zero-order chi connectivity index (χ0) is 29.5. The van der Waals surface area contributed by atoms with E-state index in [1.54, 1.807) is 22.7 Å². The minimum atomic E-state index is -0.808. The number of hydrogen-bond donors (Lipinski definition) is 1. The third-order valence-corrected chi connectivity index (χ3v) is 11.4. The molecule has 39 heavy (non-hydrogen) atoms. The fraction of sp³-hybridized carbons (Fsp3) is 0.767. The van der Waals surface area contributed by atoms with Crippen LogP contribution < -0.4 is 0 Å². The van der Waals surface area contributed by atoms with Gasteiger partial charge < -0.3 is 19.6 Å². The molecule has 7 nitrogen and oxygen atoms in total. The van der Waals surface area contributed by atoms with Crippen LogP contribution in [0.5, 0.6) is 0 Å². The zero-order valence-corrected chi connectivity index (χ0v) is 27.0. The van der Waals surface area contributed by atoms with E-state index >= 15 is 0 Å². The Balaban J connectivity index is 2.17. The number of hydrogen-bond acceptors (Lipinski definition) is 6. The van der Waals surface area contributed by atoms with Gasteiger partial charge in [0.05, 0.1) is 29.2 Å². The van der Waals surface area contributed by atoms with E-state index in [9.17, 15) is 19.5 Å². The van der Waals surface area contributed by atoms with Crippen LogP contribution in [0.3, 0.4) is 0 Å². The van der Waals surface area contributed by atoms with Gasteiger partial charge in [-0.2, -0.15) is 0 Å². The number of aliphatic hydroxyl groups excluding tert-OH is 1. The van der Waals surface area contributed by atoms with Crippen LogP contribution in [0.4, 0.5) is 0 Å². The number of carbonyl (C=O) groups excluding carboxylic acids is 3. The lowest BCUT2D eigenvalue weighted by atomic mass is 9.70. The number of alkyl halides is 1. The monoisotopic (exact) mass is 626 g/mol. The molecular formula is C30H47BrN2O5S. The second kappa shape index (κ2) is 11.9. The molecule has 3 fully saturated rings. The normalized spacial score (nSPS) is 30.9. The predicted octanol–water partition coefficient (Wildman–Crippen LogP) is 4.82. The van der Waals surface area contributed by atoms with Gasteiger partial charge in [-0.1, -0.05) is 69.3 Å². The third-order valence-electron chi connectivity index (χ3n) is 8.20. The Morgan fingerprint density at radius 2 is 1.90 bits per heavy atom. The highest BCUT2D eigenvalue weighted by molar-refractivity contribution is 9.09. The van der Waals surface area contributed by atoms with Gasteiger partial charge in [0.1, 0.15) is 12.6 Å². The summed E-state index contributed by atoms with van der Waals surface area (Å²) in [4.78, 5) is 46.1. The molecule has 2 amide bonds. The summed E-state index contributed by atoms with van der Waals surface area (Å²) in [5.74, 6) is -1.96.